The third-order valence-corrected chi connectivity index (χ3v) is 1.63. The molecule has 4 N–H and O–H groups in total. The van der Waals surface area contributed by atoms with Crippen LogP contribution in [0.15, 0.2) is 36.6 Å². The average molecular weight is 302 g/mol. The molecule has 7 nitrogen and oxygen atoms in total. The number of hydrogen-bond donors (Lipinski definition) is 2. The smallest absolute Gasteiger partial charge is 0.338 e. The Kier molecular flexibility index (Phi) is 17.6. The molecule has 7 heteroatoms. The van der Waals surface area contributed by atoms with E-state index < -0.39 is 5.97 Å². The molecule has 0 radical (unpaired) electrons. The van der Waals surface area contributed by atoms with Crippen LogP contribution in [0.5, 0.6) is 0 Å². The number of quaternary nitrogens is 1. The van der Waals surface area contributed by atoms with Crippen molar-refractivity contribution in [1.82, 2.24) is 0 Å². The Morgan fingerprint density at radius 1 is 1.29 bits per heavy atom. The Hall–Kier alpha value is -2.41. The van der Waals surface area contributed by atoms with Crippen molar-refractivity contribution >= 4 is 17.9 Å². The maximum Gasteiger partial charge on any atom is 0.338 e. The van der Waals surface area contributed by atoms with E-state index in [0.29, 0.717) is 12.2 Å². The van der Waals surface area contributed by atoms with Crippen molar-refractivity contribution in [2.45, 2.75) is 20.8 Å². The van der Waals surface area contributed by atoms with E-state index in [0.717, 1.165) is 6.08 Å². The summed E-state index contributed by atoms with van der Waals surface area (Å²) in [4.78, 5) is 30.1. The van der Waals surface area contributed by atoms with Crippen LogP contribution in [0.1, 0.15) is 20.8 Å². The summed E-state index contributed by atoms with van der Waals surface area (Å²) in [5.41, 5.74) is 4.10. The molecular formula is C14H24NO6+. The molecule has 0 saturated carbocycles. The van der Waals surface area contributed by atoms with Gasteiger partial charge in [0.25, 0.3) is 0 Å². The van der Waals surface area contributed by atoms with Crippen molar-refractivity contribution in [3.8, 4) is 0 Å². The van der Waals surface area contributed by atoms with Crippen LogP contribution in [0, 0.1) is 0 Å². The van der Waals surface area contributed by atoms with E-state index in [1.807, 2.05) is 0 Å². The molecule has 0 aliphatic carbocycles. The fourth-order valence-electron chi connectivity index (χ4n) is 0.446. The molecule has 0 spiro atoms. The maximum absolute atomic E-state index is 10.4. The lowest BCUT2D eigenvalue weighted by atomic mass is 10.3. The normalized spacial score (nSPS) is 8.90. The highest BCUT2D eigenvalue weighted by molar-refractivity contribution is 5.87. The van der Waals surface area contributed by atoms with E-state index in [9.17, 15) is 14.4 Å². The number of ether oxygens (including phenoxy) is 2. The Bertz CT molecular complexity index is 386. The summed E-state index contributed by atoms with van der Waals surface area (Å²) in [6, 6.07) is 0. The van der Waals surface area contributed by atoms with Crippen molar-refractivity contribution in [2.75, 3.05) is 13.7 Å². The number of methoxy groups -OCH3 is 1. The zero-order valence-electron chi connectivity index (χ0n) is 13.0. The first-order valence-corrected chi connectivity index (χ1v) is 5.90. The van der Waals surface area contributed by atoms with Gasteiger partial charge >= 0.3 is 17.9 Å². The Morgan fingerprint density at radius 2 is 1.71 bits per heavy atom. The molecule has 0 unspecified atom stereocenters. The number of carboxylic acids is 1. The number of hydrogen-bond acceptors (Lipinski definition) is 5. The highest BCUT2D eigenvalue weighted by Crippen LogP contribution is 1.89. The van der Waals surface area contributed by atoms with E-state index in [2.05, 4.69) is 28.4 Å². The molecule has 0 atom stereocenters. The van der Waals surface area contributed by atoms with Gasteiger partial charge in [-0.05, 0) is 20.8 Å². The third kappa shape index (κ3) is 20.1. The Labute approximate surface area is 124 Å². The van der Waals surface area contributed by atoms with Crippen LogP contribution in [0.3, 0.4) is 0 Å². The second kappa shape index (κ2) is 15.6. The molecular weight excluding hydrogens is 278 g/mol. The van der Waals surface area contributed by atoms with E-state index in [1.165, 1.54) is 20.2 Å². The van der Waals surface area contributed by atoms with Gasteiger partial charge < -0.3 is 20.3 Å². The van der Waals surface area contributed by atoms with Crippen LogP contribution >= 0.6 is 0 Å². The fourth-order valence-corrected chi connectivity index (χ4v) is 0.446. The summed E-state index contributed by atoms with van der Waals surface area (Å²) in [5.74, 6) is -1.61. The van der Waals surface area contributed by atoms with Gasteiger partial charge in [0.1, 0.15) is 6.20 Å². The van der Waals surface area contributed by atoms with E-state index in [4.69, 9.17) is 5.11 Å². The molecule has 0 aliphatic heterocycles. The van der Waals surface area contributed by atoms with Crippen molar-refractivity contribution in [1.29, 1.82) is 0 Å². The summed E-state index contributed by atoms with van der Waals surface area (Å²) in [6.07, 6.45) is 2.61. The predicted octanol–water partition coefficient (Wildman–Crippen LogP) is 0.688. The predicted molar refractivity (Wildman–Crippen MR) is 77.9 cm³/mol. The molecule has 0 amide bonds. The molecule has 0 heterocycles. The van der Waals surface area contributed by atoms with Crippen LogP contribution in [-0.4, -0.2) is 36.7 Å². The van der Waals surface area contributed by atoms with Gasteiger partial charge in [-0.15, -0.1) is 0 Å². The molecule has 0 aromatic rings. The van der Waals surface area contributed by atoms with E-state index in [1.54, 1.807) is 13.8 Å². The summed E-state index contributed by atoms with van der Waals surface area (Å²) in [7, 11) is 1.34. The number of esters is 2. The standard InChI is InChI=1S/C5H9NO2.C5H8O2.C4H6O2/c1-4(3-6)5(7)8-2;1-3-5(6)7-4-2;1-3(2)4(5)6/h3H,6H2,1-2H3;3H,1,4H2,2H3;1H2,2H3,(H,5,6)/p+1/b4-3+;;. The molecule has 120 valence electrons. The lowest BCUT2D eigenvalue weighted by Crippen LogP contribution is -2.40. The summed E-state index contributed by atoms with van der Waals surface area (Å²) >= 11 is 0. The highest BCUT2D eigenvalue weighted by atomic mass is 16.5. The molecule has 0 fully saturated rings. The van der Waals surface area contributed by atoms with Gasteiger partial charge in [-0.1, -0.05) is 13.2 Å². The van der Waals surface area contributed by atoms with Crippen LogP contribution in [0.4, 0.5) is 0 Å². The molecule has 0 bridgehead atoms. The third-order valence-electron chi connectivity index (χ3n) is 1.63. The zero-order valence-corrected chi connectivity index (χ0v) is 13.0. The zero-order chi connectivity index (χ0) is 17.4. The highest BCUT2D eigenvalue weighted by Gasteiger charge is 2.00. The first kappa shape index (κ1) is 23.7. The number of aliphatic carboxylic acids is 1. The van der Waals surface area contributed by atoms with Gasteiger partial charge in [-0.3, -0.25) is 0 Å². The molecule has 0 aromatic heterocycles. The molecule has 0 rings (SSSR count). The minimum Gasteiger partial charge on any atom is -0.478 e. The lowest BCUT2D eigenvalue weighted by Gasteiger charge is -1.91. The minimum absolute atomic E-state index is 0.176. The largest absolute Gasteiger partial charge is 0.478 e. The van der Waals surface area contributed by atoms with Crippen molar-refractivity contribution in [2.24, 2.45) is 0 Å². The lowest BCUT2D eigenvalue weighted by molar-refractivity contribution is -0.276. The van der Waals surface area contributed by atoms with Gasteiger partial charge in [0.05, 0.1) is 19.3 Å². The first-order valence-electron chi connectivity index (χ1n) is 5.90. The van der Waals surface area contributed by atoms with Crippen LogP contribution < -0.4 is 5.73 Å². The van der Waals surface area contributed by atoms with Crippen LogP contribution in [0.25, 0.3) is 0 Å². The summed E-state index contributed by atoms with van der Waals surface area (Å²) < 4.78 is 8.79. The van der Waals surface area contributed by atoms with Crippen molar-refractivity contribution in [3.63, 3.8) is 0 Å². The first-order chi connectivity index (χ1) is 9.67. The van der Waals surface area contributed by atoms with Gasteiger partial charge in [0.15, 0.2) is 0 Å². The molecule has 0 aromatic carbocycles. The minimum atomic E-state index is -0.935. The average Bonchev–Trinajstić information content (AvgIpc) is 2.46. The van der Waals surface area contributed by atoms with Gasteiger partial charge in [0.2, 0.25) is 0 Å². The van der Waals surface area contributed by atoms with Crippen LogP contribution in [-0.2, 0) is 23.9 Å². The summed E-state index contributed by atoms with van der Waals surface area (Å²) in [5, 5.41) is 7.89. The van der Waals surface area contributed by atoms with Gasteiger partial charge in [-0.2, -0.15) is 0 Å². The number of carbonyl (C=O) groups excluding carboxylic acids is 2. The van der Waals surface area contributed by atoms with Crippen molar-refractivity contribution in [3.05, 3.63) is 36.6 Å². The van der Waals surface area contributed by atoms with Crippen LogP contribution in [0.2, 0.25) is 0 Å². The maximum atomic E-state index is 10.4. The molecule has 0 aliphatic rings. The second-order valence-corrected chi connectivity index (χ2v) is 3.42. The summed E-state index contributed by atoms with van der Waals surface area (Å²) in [6.45, 7) is 11.6. The monoisotopic (exact) mass is 302 g/mol. The van der Waals surface area contributed by atoms with E-state index in [-0.39, 0.29) is 17.5 Å². The van der Waals surface area contributed by atoms with E-state index >= 15 is 0 Å². The number of carboxylic acid groups (broad SMARTS) is 1. The Morgan fingerprint density at radius 3 is 1.81 bits per heavy atom. The molecule has 21 heavy (non-hydrogen) atoms. The quantitative estimate of drug-likeness (QED) is 0.582. The SMILES string of the molecule is C=C(C)C(=O)O.C=CC(=O)OCC.COC(=O)/C(C)=C/[NH3+]. The van der Waals surface area contributed by atoms with Gasteiger partial charge in [0, 0.05) is 11.6 Å². The fraction of sp³-hybridized carbons (Fsp3) is 0.357. The Balaban J connectivity index is -0.000000234. The molecule has 0 saturated heterocycles. The van der Waals surface area contributed by atoms with Crippen molar-refractivity contribution < 1.29 is 34.7 Å². The van der Waals surface area contributed by atoms with Gasteiger partial charge in [-0.25, -0.2) is 14.4 Å². The topological polar surface area (TPSA) is 118 Å². The number of carbonyl (C=O) groups is 3. The number of rotatable bonds is 4. The second-order valence-electron chi connectivity index (χ2n) is 3.42.